The maximum Gasteiger partial charge on any atom is 0.472 e. The van der Waals surface area contributed by atoms with Crippen LogP contribution in [0, 0.1) is 0 Å². The van der Waals surface area contributed by atoms with Crippen molar-refractivity contribution in [2.45, 2.75) is 296 Å². The van der Waals surface area contributed by atoms with E-state index in [2.05, 4.69) is 13.8 Å². The second kappa shape index (κ2) is 49.4. The number of phosphoric acid groups is 1. The zero-order chi connectivity index (χ0) is 45.3. The van der Waals surface area contributed by atoms with Gasteiger partial charge in [0.05, 0.1) is 13.2 Å². The smallest absolute Gasteiger partial charge is 0.462 e. The molecule has 9 nitrogen and oxygen atoms in total. The highest BCUT2D eigenvalue weighted by atomic mass is 31.2. The Balaban J connectivity index is 3.95. The van der Waals surface area contributed by atoms with Crippen LogP contribution >= 0.6 is 7.82 Å². The van der Waals surface area contributed by atoms with Gasteiger partial charge in [0.1, 0.15) is 6.61 Å². The quantitative estimate of drug-likeness (QED) is 0.0347. The number of carbonyl (C=O) groups is 2. The largest absolute Gasteiger partial charge is 0.472 e. The summed E-state index contributed by atoms with van der Waals surface area (Å²) in [5.74, 6) is -0.804. The van der Waals surface area contributed by atoms with Crippen molar-refractivity contribution < 1.29 is 37.6 Å². The van der Waals surface area contributed by atoms with Crippen LogP contribution in [-0.2, 0) is 32.7 Å². The van der Waals surface area contributed by atoms with Crippen LogP contribution in [0.2, 0.25) is 0 Å². The van der Waals surface area contributed by atoms with E-state index in [4.69, 9.17) is 24.3 Å². The van der Waals surface area contributed by atoms with E-state index in [0.29, 0.717) is 6.42 Å². The lowest BCUT2D eigenvalue weighted by atomic mass is 10.0. The van der Waals surface area contributed by atoms with Crippen molar-refractivity contribution in [3.63, 3.8) is 0 Å². The Morgan fingerprint density at radius 2 is 0.694 bits per heavy atom. The van der Waals surface area contributed by atoms with E-state index in [1.165, 1.54) is 225 Å². The standard InChI is InChI=1S/C52H104NO8P/c1-3-5-7-9-11-13-15-17-19-21-23-25-27-28-30-32-34-36-38-40-42-44-51(54)58-48-50(49-60-62(56,57)59-47-46-53)61-52(55)45-43-41-39-37-35-33-31-29-26-24-22-20-18-16-14-12-10-8-6-4-2/h50H,3-49,53H2,1-2H3,(H,56,57)/t50-/m1/s1. The zero-order valence-corrected chi connectivity index (χ0v) is 42.0. The molecular formula is C52H104NO8P. The van der Waals surface area contributed by atoms with Crippen molar-refractivity contribution in [3.05, 3.63) is 0 Å². The summed E-state index contributed by atoms with van der Waals surface area (Å²) in [6.07, 6.45) is 52.9. The topological polar surface area (TPSA) is 134 Å². The second-order valence-corrected chi connectivity index (χ2v) is 19.9. The maximum atomic E-state index is 12.7. The molecule has 0 rings (SSSR count). The molecule has 0 saturated heterocycles. The number of hydrogen-bond acceptors (Lipinski definition) is 8. The van der Waals surface area contributed by atoms with E-state index in [1.807, 2.05) is 0 Å². The van der Waals surface area contributed by atoms with Crippen LogP contribution in [0.1, 0.15) is 290 Å². The van der Waals surface area contributed by atoms with Gasteiger partial charge in [-0.05, 0) is 12.8 Å². The van der Waals surface area contributed by atoms with Crippen LogP contribution < -0.4 is 5.73 Å². The van der Waals surface area contributed by atoms with E-state index in [0.717, 1.165) is 32.1 Å². The second-order valence-electron chi connectivity index (χ2n) is 18.5. The summed E-state index contributed by atoms with van der Waals surface area (Å²) >= 11 is 0. The van der Waals surface area contributed by atoms with Crippen molar-refractivity contribution in [1.29, 1.82) is 0 Å². The third-order valence-corrected chi connectivity index (χ3v) is 13.2. The van der Waals surface area contributed by atoms with Crippen LogP contribution in [0.4, 0.5) is 0 Å². The van der Waals surface area contributed by atoms with Gasteiger partial charge in [-0.2, -0.15) is 0 Å². The molecule has 10 heteroatoms. The lowest BCUT2D eigenvalue weighted by Crippen LogP contribution is -2.29. The Morgan fingerprint density at radius 3 is 0.984 bits per heavy atom. The average Bonchev–Trinajstić information content (AvgIpc) is 3.26. The number of esters is 2. The highest BCUT2D eigenvalue weighted by Crippen LogP contribution is 2.43. The molecule has 0 radical (unpaired) electrons. The van der Waals surface area contributed by atoms with Gasteiger partial charge >= 0.3 is 19.8 Å². The first-order valence-electron chi connectivity index (χ1n) is 27.0. The van der Waals surface area contributed by atoms with Crippen molar-refractivity contribution in [2.24, 2.45) is 5.73 Å². The van der Waals surface area contributed by atoms with E-state index in [1.54, 1.807) is 0 Å². The third-order valence-electron chi connectivity index (χ3n) is 12.2. The fraction of sp³-hybridized carbons (Fsp3) is 0.962. The highest BCUT2D eigenvalue weighted by Gasteiger charge is 2.26. The average molecular weight is 902 g/mol. The molecule has 0 aromatic heterocycles. The van der Waals surface area contributed by atoms with Gasteiger partial charge in [0.25, 0.3) is 0 Å². The Bertz CT molecular complexity index is 984. The number of ether oxygens (including phenoxy) is 2. The molecule has 0 aromatic rings. The van der Waals surface area contributed by atoms with Gasteiger partial charge in [-0.25, -0.2) is 4.57 Å². The Morgan fingerprint density at radius 1 is 0.419 bits per heavy atom. The van der Waals surface area contributed by atoms with Gasteiger partial charge in [0.2, 0.25) is 0 Å². The molecule has 0 fully saturated rings. The van der Waals surface area contributed by atoms with Gasteiger partial charge in [-0.1, -0.05) is 264 Å². The number of nitrogens with two attached hydrogens (primary N) is 1. The molecule has 0 aliphatic heterocycles. The maximum absolute atomic E-state index is 12.7. The molecule has 0 spiro atoms. The first-order chi connectivity index (χ1) is 30.3. The predicted molar refractivity (Wildman–Crippen MR) is 262 cm³/mol. The Hall–Kier alpha value is -0.990. The minimum atomic E-state index is -4.38. The van der Waals surface area contributed by atoms with Crippen LogP contribution in [-0.4, -0.2) is 49.3 Å². The summed E-state index contributed by atoms with van der Waals surface area (Å²) < 4.78 is 33.0. The highest BCUT2D eigenvalue weighted by molar-refractivity contribution is 7.47. The molecule has 62 heavy (non-hydrogen) atoms. The van der Waals surface area contributed by atoms with Crippen LogP contribution in [0.25, 0.3) is 0 Å². The van der Waals surface area contributed by atoms with Crippen molar-refractivity contribution in [2.75, 3.05) is 26.4 Å². The SMILES string of the molecule is CCCCCCCCCCCCCCCCCCCCCCCC(=O)OC[C@H](COP(=O)(O)OCCN)OC(=O)CCCCCCCCCCCCCCCCCCCCCC. The molecule has 370 valence electrons. The number of hydrogen-bond donors (Lipinski definition) is 2. The van der Waals surface area contributed by atoms with E-state index < -0.39 is 26.5 Å². The van der Waals surface area contributed by atoms with Crippen LogP contribution in [0.5, 0.6) is 0 Å². The summed E-state index contributed by atoms with van der Waals surface area (Å²) in [6, 6.07) is 0. The summed E-state index contributed by atoms with van der Waals surface area (Å²) in [7, 11) is -4.38. The fourth-order valence-corrected chi connectivity index (χ4v) is 8.99. The number of rotatable bonds is 52. The van der Waals surface area contributed by atoms with Gasteiger partial charge in [0, 0.05) is 19.4 Å². The van der Waals surface area contributed by atoms with Crippen LogP contribution in [0.3, 0.4) is 0 Å². The molecule has 2 atom stereocenters. The Kier molecular flexibility index (Phi) is 48.7. The summed E-state index contributed by atoms with van der Waals surface area (Å²) in [6.45, 7) is 3.81. The van der Waals surface area contributed by atoms with Crippen molar-refractivity contribution in [3.8, 4) is 0 Å². The molecule has 0 saturated carbocycles. The van der Waals surface area contributed by atoms with Gasteiger partial charge in [-0.15, -0.1) is 0 Å². The first kappa shape index (κ1) is 61.0. The minimum Gasteiger partial charge on any atom is -0.462 e. The summed E-state index contributed by atoms with van der Waals surface area (Å²) in [5, 5.41) is 0. The van der Waals surface area contributed by atoms with E-state index >= 15 is 0 Å². The fourth-order valence-electron chi connectivity index (χ4n) is 8.23. The van der Waals surface area contributed by atoms with Crippen LogP contribution in [0.15, 0.2) is 0 Å². The minimum absolute atomic E-state index is 0.0585. The molecule has 0 bridgehead atoms. The molecule has 0 amide bonds. The lowest BCUT2D eigenvalue weighted by molar-refractivity contribution is -0.161. The number of carbonyl (C=O) groups excluding carboxylic acids is 2. The number of unbranched alkanes of at least 4 members (excludes halogenated alkanes) is 39. The zero-order valence-electron chi connectivity index (χ0n) is 41.1. The van der Waals surface area contributed by atoms with Crippen molar-refractivity contribution >= 4 is 19.8 Å². The van der Waals surface area contributed by atoms with E-state index in [-0.39, 0.29) is 38.6 Å². The summed E-state index contributed by atoms with van der Waals surface area (Å²) in [4.78, 5) is 35.1. The monoisotopic (exact) mass is 902 g/mol. The summed E-state index contributed by atoms with van der Waals surface area (Å²) in [5.41, 5.74) is 5.37. The molecule has 0 aliphatic carbocycles. The van der Waals surface area contributed by atoms with Gasteiger partial charge in [-0.3, -0.25) is 18.6 Å². The first-order valence-corrected chi connectivity index (χ1v) is 28.5. The normalized spacial score (nSPS) is 13.0. The molecule has 0 heterocycles. The van der Waals surface area contributed by atoms with Gasteiger partial charge < -0.3 is 20.1 Å². The van der Waals surface area contributed by atoms with Gasteiger partial charge in [0.15, 0.2) is 6.10 Å². The lowest BCUT2D eigenvalue weighted by Gasteiger charge is -2.19. The van der Waals surface area contributed by atoms with E-state index in [9.17, 15) is 19.0 Å². The molecular weight excluding hydrogens is 798 g/mol. The van der Waals surface area contributed by atoms with Crippen molar-refractivity contribution in [1.82, 2.24) is 0 Å². The third kappa shape index (κ3) is 48.5. The molecule has 0 aliphatic rings. The molecule has 1 unspecified atom stereocenters. The Labute approximate surface area is 384 Å². The molecule has 0 aromatic carbocycles. The number of phosphoric ester groups is 1. The molecule has 3 N–H and O–H groups in total. The predicted octanol–water partition coefficient (Wildman–Crippen LogP) is 16.3.